The molecule has 0 aliphatic heterocycles. The Morgan fingerprint density at radius 2 is 2.14 bits per heavy atom. The van der Waals surface area contributed by atoms with Crippen LogP contribution in [0.5, 0.6) is 0 Å². The first kappa shape index (κ1) is 14.1. The molecule has 3 rings (SSSR count). The van der Waals surface area contributed by atoms with Crippen molar-refractivity contribution in [2.24, 2.45) is 11.8 Å². The van der Waals surface area contributed by atoms with Crippen LogP contribution < -0.4 is 10.6 Å². The van der Waals surface area contributed by atoms with E-state index in [1.54, 1.807) is 6.20 Å². The molecule has 0 bridgehead atoms. The van der Waals surface area contributed by atoms with Crippen LogP contribution in [0.4, 0.5) is 11.8 Å². The summed E-state index contributed by atoms with van der Waals surface area (Å²) in [6, 6.07) is 0. The number of anilines is 2. The van der Waals surface area contributed by atoms with Gasteiger partial charge in [0.2, 0.25) is 5.95 Å². The Balaban J connectivity index is 1.77. The van der Waals surface area contributed by atoms with Crippen molar-refractivity contribution in [3.05, 3.63) is 6.20 Å². The van der Waals surface area contributed by atoms with Crippen LogP contribution in [0.2, 0.25) is 0 Å². The van der Waals surface area contributed by atoms with Gasteiger partial charge in [-0.1, -0.05) is 6.42 Å². The molecule has 1 saturated carbocycles. The second-order valence-corrected chi connectivity index (χ2v) is 5.57. The minimum Gasteiger partial charge on any atom is -0.396 e. The predicted octanol–water partition coefficient (Wildman–Crippen LogP) is 1.61. The molecule has 0 amide bonds. The van der Waals surface area contributed by atoms with E-state index in [9.17, 15) is 5.11 Å². The minimum absolute atomic E-state index is 0.278. The molecule has 0 aromatic carbocycles. The van der Waals surface area contributed by atoms with E-state index in [2.05, 4.69) is 30.8 Å². The van der Waals surface area contributed by atoms with E-state index in [4.69, 9.17) is 0 Å². The maximum Gasteiger partial charge on any atom is 0.226 e. The summed E-state index contributed by atoms with van der Waals surface area (Å²) in [5.41, 5.74) is 0.730. The number of nitrogens with one attached hydrogen (secondary N) is 3. The van der Waals surface area contributed by atoms with Gasteiger partial charge < -0.3 is 15.7 Å². The molecule has 7 heteroatoms. The molecule has 2 aromatic heterocycles. The number of rotatable bonds is 6. The van der Waals surface area contributed by atoms with Crippen molar-refractivity contribution in [1.82, 2.24) is 20.2 Å². The van der Waals surface area contributed by atoms with Gasteiger partial charge in [-0.25, -0.2) is 0 Å². The van der Waals surface area contributed by atoms with E-state index in [1.165, 1.54) is 6.42 Å². The zero-order valence-electron chi connectivity index (χ0n) is 12.3. The second-order valence-electron chi connectivity index (χ2n) is 5.57. The van der Waals surface area contributed by atoms with Gasteiger partial charge in [0, 0.05) is 19.7 Å². The third-order valence-corrected chi connectivity index (χ3v) is 4.23. The monoisotopic (exact) mass is 290 g/mol. The quantitative estimate of drug-likeness (QED) is 0.645. The van der Waals surface area contributed by atoms with Gasteiger partial charge >= 0.3 is 0 Å². The Morgan fingerprint density at radius 3 is 2.95 bits per heavy atom. The number of aliphatic hydroxyl groups excluding tert-OH is 1. The van der Waals surface area contributed by atoms with Crippen molar-refractivity contribution < 1.29 is 5.11 Å². The smallest absolute Gasteiger partial charge is 0.226 e. The summed E-state index contributed by atoms with van der Waals surface area (Å²) in [7, 11) is 0. The Labute approximate surface area is 123 Å². The topological polar surface area (TPSA) is 98.8 Å². The van der Waals surface area contributed by atoms with Crippen LogP contribution >= 0.6 is 0 Å². The predicted molar refractivity (Wildman–Crippen MR) is 82.3 cm³/mol. The summed E-state index contributed by atoms with van der Waals surface area (Å²) in [5, 5.41) is 23.8. The maximum atomic E-state index is 9.41. The second kappa shape index (κ2) is 6.26. The van der Waals surface area contributed by atoms with Gasteiger partial charge in [0.1, 0.15) is 5.82 Å². The van der Waals surface area contributed by atoms with Gasteiger partial charge in [-0.3, -0.25) is 5.10 Å². The summed E-state index contributed by atoms with van der Waals surface area (Å²) in [4.78, 5) is 8.90. The number of aromatic nitrogens is 4. The number of hydrogen-bond acceptors (Lipinski definition) is 6. The molecule has 0 spiro atoms. The zero-order chi connectivity index (χ0) is 14.7. The van der Waals surface area contributed by atoms with Crippen LogP contribution in [0, 0.1) is 11.8 Å². The molecule has 1 fully saturated rings. The molecule has 1 aliphatic rings. The minimum atomic E-state index is 0.278. The lowest BCUT2D eigenvalue weighted by Gasteiger charge is -2.18. The van der Waals surface area contributed by atoms with Gasteiger partial charge in [-0.2, -0.15) is 15.1 Å². The Bertz CT molecular complexity index is 598. The standard InChI is InChI=1S/C14H22N6O/c1-2-15-14-18-12(11-7-17-20-13(11)19-14)16-6-9-4-3-5-10(9)8-21/h7,9-10,21H,2-6,8H2,1H3,(H3,15,16,17,18,19,20). The van der Waals surface area contributed by atoms with Gasteiger partial charge in [0.25, 0.3) is 0 Å². The molecule has 7 nitrogen and oxygen atoms in total. The lowest BCUT2D eigenvalue weighted by molar-refractivity contribution is 0.199. The Morgan fingerprint density at radius 1 is 1.29 bits per heavy atom. The number of hydrogen-bond donors (Lipinski definition) is 4. The van der Waals surface area contributed by atoms with E-state index < -0.39 is 0 Å². The summed E-state index contributed by atoms with van der Waals surface area (Å²) >= 11 is 0. The van der Waals surface area contributed by atoms with Gasteiger partial charge in [-0.05, 0) is 31.6 Å². The number of aromatic amines is 1. The molecular formula is C14H22N6O. The third kappa shape index (κ3) is 2.92. The first-order chi connectivity index (χ1) is 10.3. The van der Waals surface area contributed by atoms with Crippen molar-refractivity contribution in [1.29, 1.82) is 0 Å². The fourth-order valence-electron chi connectivity index (χ4n) is 3.06. The molecule has 2 heterocycles. The maximum absolute atomic E-state index is 9.41. The molecule has 4 N–H and O–H groups in total. The van der Waals surface area contributed by atoms with E-state index in [0.717, 1.165) is 42.8 Å². The van der Waals surface area contributed by atoms with Crippen LogP contribution in [0.3, 0.4) is 0 Å². The first-order valence-corrected chi connectivity index (χ1v) is 7.61. The summed E-state index contributed by atoms with van der Waals surface area (Å²) in [6.07, 6.45) is 5.23. The largest absolute Gasteiger partial charge is 0.396 e. The average molecular weight is 290 g/mol. The molecule has 21 heavy (non-hydrogen) atoms. The highest BCUT2D eigenvalue weighted by atomic mass is 16.3. The highest BCUT2D eigenvalue weighted by Gasteiger charge is 2.26. The molecular weight excluding hydrogens is 268 g/mol. The summed E-state index contributed by atoms with van der Waals surface area (Å²) < 4.78 is 0. The fourth-order valence-corrected chi connectivity index (χ4v) is 3.06. The van der Waals surface area contributed by atoms with Crippen molar-refractivity contribution in [3.63, 3.8) is 0 Å². The zero-order valence-corrected chi connectivity index (χ0v) is 12.3. The lowest BCUT2D eigenvalue weighted by Crippen LogP contribution is -2.21. The average Bonchev–Trinajstić information content (AvgIpc) is 3.13. The lowest BCUT2D eigenvalue weighted by atomic mass is 9.97. The van der Waals surface area contributed by atoms with Gasteiger partial charge in [0.05, 0.1) is 11.6 Å². The van der Waals surface area contributed by atoms with Crippen molar-refractivity contribution in [2.45, 2.75) is 26.2 Å². The summed E-state index contributed by atoms with van der Waals surface area (Å²) in [5.74, 6) is 2.32. The SMILES string of the molecule is CCNc1nc(NCC2CCCC2CO)c2cn[nH]c2n1. The number of H-pyrrole nitrogens is 1. The van der Waals surface area contributed by atoms with Gasteiger partial charge in [-0.15, -0.1) is 0 Å². The molecule has 2 aromatic rings. The highest BCUT2D eigenvalue weighted by molar-refractivity contribution is 5.86. The van der Waals surface area contributed by atoms with E-state index >= 15 is 0 Å². The highest BCUT2D eigenvalue weighted by Crippen LogP contribution is 2.31. The molecule has 0 saturated heterocycles. The third-order valence-electron chi connectivity index (χ3n) is 4.23. The number of aliphatic hydroxyl groups is 1. The van der Waals surface area contributed by atoms with Crippen LogP contribution in [-0.2, 0) is 0 Å². The molecule has 2 unspecified atom stereocenters. The number of fused-ring (bicyclic) bond motifs is 1. The van der Waals surface area contributed by atoms with Crippen molar-refractivity contribution in [2.75, 3.05) is 30.3 Å². The van der Waals surface area contributed by atoms with Crippen LogP contribution in [-0.4, -0.2) is 45.0 Å². The first-order valence-electron chi connectivity index (χ1n) is 7.61. The van der Waals surface area contributed by atoms with Crippen molar-refractivity contribution in [3.8, 4) is 0 Å². The van der Waals surface area contributed by atoms with E-state index in [0.29, 0.717) is 17.8 Å². The molecule has 1 aliphatic carbocycles. The molecule has 114 valence electrons. The molecule has 0 radical (unpaired) electrons. The van der Waals surface area contributed by atoms with E-state index in [1.807, 2.05) is 6.92 Å². The summed E-state index contributed by atoms with van der Waals surface area (Å²) in [6.45, 7) is 3.89. The van der Waals surface area contributed by atoms with Crippen molar-refractivity contribution >= 4 is 22.8 Å². The molecule has 2 atom stereocenters. The van der Waals surface area contributed by atoms with Crippen LogP contribution in [0.1, 0.15) is 26.2 Å². The Hall–Kier alpha value is -1.89. The van der Waals surface area contributed by atoms with E-state index in [-0.39, 0.29) is 6.61 Å². The Kier molecular flexibility index (Phi) is 4.19. The number of nitrogens with zero attached hydrogens (tertiary/aromatic N) is 3. The van der Waals surface area contributed by atoms with Crippen LogP contribution in [0.15, 0.2) is 6.20 Å². The normalized spacial score (nSPS) is 21.8. The fraction of sp³-hybridized carbons (Fsp3) is 0.643. The van der Waals surface area contributed by atoms with Gasteiger partial charge in [0.15, 0.2) is 5.65 Å². The van der Waals surface area contributed by atoms with Crippen LogP contribution in [0.25, 0.3) is 11.0 Å².